The van der Waals surface area contributed by atoms with Crippen LogP contribution in [0.5, 0.6) is 0 Å². The lowest BCUT2D eigenvalue weighted by atomic mass is 9.87. The molecule has 0 atom stereocenters. The third kappa shape index (κ3) is 5.98. The van der Waals surface area contributed by atoms with Gasteiger partial charge in [0, 0.05) is 16.9 Å². The molecule has 0 spiro atoms. The molecule has 7 heteroatoms. The van der Waals surface area contributed by atoms with Gasteiger partial charge in [0.05, 0.1) is 5.56 Å². The molecule has 0 bridgehead atoms. The van der Waals surface area contributed by atoms with E-state index in [1.54, 1.807) is 30.3 Å². The van der Waals surface area contributed by atoms with Gasteiger partial charge in [0.2, 0.25) is 0 Å². The first-order chi connectivity index (χ1) is 15.1. The van der Waals surface area contributed by atoms with Gasteiger partial charge < -0.3 is 10.6 Å². The van der Waals surface area contributed by atoms with Crippen molar-refractivity contribution in [2.24, 2.45) is 0 Å². The van der Waals surface area contributed by atoms with Crippen LogP contribution in [0.15, 0.2) is 72.8 Å². The normalized spacial score (nSPS) is 10.9. The van der Waals surface area contributed by atoms with Gasteiger partial charge in [0.1, 0.15) is 5.82 Å². The van der Waals surface area contributed by atoms with E-state index >= 15 is 0 Å². The second kappa shape index (κ2) is 9.70. The molecule has 0 fully saturated rings. The van der Waals surface area contributed by atoms with Crippen LogP contribution in [0.2, 0.25) is 0 Å². The van der Waals surface area contributed by atoms with Crippen LogP contribution in [-0.2, 0) is 5.41 Å². The molecule has 0 saturated carbocycles. The first-order valence-corrected chi connectivity index (χ1v) is 10.4. The maximum absolute atomic E-state index is 13.7. The van der Waals surface area contributed by atoms with Crippen molar-refractivity contribution >= 4 is 40.5 Å². The Bertz CT molecular complexity index is 1140. The molecule has 0 aromatic heterocycles. The highest BCUT2D eigenvalue weighted by molar-refractivity contribution is 7.80. The molecule has 3 aromatic carbocycles. The Morgan fingerprint density at radius 1 is 0.781 bits per heavy atom. The molecule has 2 amide bonds. The van der Waals surface area contributed by atoms with Crippen LogP contribution in [-0.4, -0.2) is 16.9 Å². The Labute approximate surface area is 192 Å². The number of carbonyl (C=O) groups is 2. The average Bonchev–Trinajstić information content (AvgIpc) is 2.74. The van der Waals surface area contributed by atoms with E-state index in [1.807, 2.05) is 24.3 Å². The van der Waals surface area contributed by atoms with E-state index in [0.717, 1.165) is 5.56 Å². The van der Waals surface area contributed by atoms with Crippen LogP contribution >= 0.6 is 12.2 Å². The summed E-state index contributed by atoms with van der Waals surface area (Å²) in [5, 5.41) is 8.18. The van der Waals surface area contributed by atoms with Crippen LogP contribution in [0.4, 0.5) is 15.8 Å². The fraction of sp³-hybridized carbons (Fsp3) is 0.160. The molecule has 0 aliphatic heterocycles. The van der Waals surface area contributed by atoms with Gasteiger partial charge >= 0.3 is 0 Å². The number of halogens is 1. The maximum atomic E-state index is 13.7. The largest absolute Gasteiger partial charge is 0.332 e. The monoisotopic (exact) mass is 449 g/mol. The highest BCUT2D eigenvalue weighted by Crippen LogP contribution is 2.22. The predicted molar refractivity (Wildman–Crippen MR) is 130 cm³/mol. The first-order valence-electron chi connectivity index (χ1n) is 10.0. The quantitative estimate of drug-likeness (QED) is 0.460. The number of thiocarbonyl (C=S) groups is 1. The summed E-state index contributed by atoms with van der Waals surface area (Å²) in [4.78, 5) is 24.6. The number of benzene rings is 3. The standard InChI is InChI=1S/C25H24FN3O2S/c1-25(2,3)17-10-8-16(9-11-17)22(30)27-18-12-14-19(15-13-18)28-24(32)29-23(31)20-6-4-5-7-21(20)26/h4-15H,1-3H3,(H,27,30)(H2,28,29,31,32). The Morgan fingerprint density at radius 2 is 1.34 bits per heavy atom. The number of anilines is 2. The Kier molecular flexibility index (Phi) is 7.00. The molecule has 3 N–H and O–H groups in total. The van der Waals surface area contributed by atoms with Crippen molar-refractivity contribution < 1.29 is 14.0 Å². The number of carbonyl (C=O) groups excluding carboxylic acids is 2. The van der Waals surface area contributed by atoms with Gasteiger partial charge in [0.15, 0.2) is 5.11 Å². The average molecular weight is 450 g/mol. The number of hydrogen-bond donors (Lipinski definition) is 3. The molecule has 0 aliphatic carbocycles. The Morgan fingerprint density at radius 3 is 1.91 bits per heavy atom. The van der Waals surface area contributed by atoms with E-state index in [1.165, 1.54) is 18.2 Å². The molecule has 3 rings (SSSR count). The van der Waals surface area contributed by atoms with Crippen LogP contribution in [0, 0.1) is 5.82 Å². The minimum absolute atomic E-state index is 0.0210. The van der Waals surface area contributed by atoms with E-state index in [-0.39, 0.29) is 22.0 Å². The summed E-state index contributed by atoms with van der Waals surface area (Å²) in [6.45, 7) is 6.36. The number of nitrogens with one attached hydrogen (secondary N) is 3. The Hall–Kier alpha value is -3.58. The topological polar surface area (TPSA) is 70.2 Å². The fourth-order valence-corrected chi connectivity index (χ4v) is 3.15. The lowest BCUT2D eigenvalue weighted by molar-refractivity contribution is 0.0972. The lowest BCUT2D eigenvalue weighted by Crippen LogP contribution is -2.34. The highest BCUT2D eigenvalue weighted by atomic mass is 32.1. The highest BCUT2D eigenvalue weighted by Gasteiger charge is 2.15. The van der Waals surface area contributed by atoms with Crippen LogP contribution in [0.1, 0.15) is 47.1 Å². The summed E-state index contributed by atoms with van der Waals surface area (Å²) >= 11 is 5.12. The summed E-state index contributed by atoms with van der Waals surface area (Å²) in [5.74, 6) is -1.47. The molecule has 3 aromatic rings. The molecular formula is C25H24FN3O2S. The zero-order chi connectivity index (χ0) is 23.3. The zero-order valence-electron chi connectivity index (χ0n) is 18.0. The van der Waals surface area contributed by atoms with E-state index in [4.69, 9.17) is 12.2 Å². The lowest BCUT2D eigenvalue weighted by Gasteiger charge is -2.19. The van der Waals surface area contributed by atoms with Crippen LogP contribution in [0.25, 0.3) is 0 Å². The van der Waals surface area contributed by atoms with Gasteiger partial charge in [-0.05, 0) is 71.7 Å². The number of amides is 2. The molecule has 5 nitrogen and oxygen atoms in total. The molecule has 0 unspecified atom stereocenters. The van der Waals surface area contributed by atoms with Crippen LogP contribution < -0.4 is 16.0 Å². The van der Waals surface area contributed by atoms with E-state index in [9.17, 15) is 14.0 Å². The van der Waals surface area contributed by atoms with Gasteiger partial charge in [-0.3, -0.25) is 14.9 Å². The van der Waals surface area contributed by atoms with E-state index in [0.29, 0.717) is 16.9 Å². The predicted octanol–water partition coefficient (Wildman–Crippen LogP) is 5.50. The molecular weight excluding hydrogens is 425 g/mol. The second-order valence-electron chi connectivity index (χ2n) is 8.25. The third-order valence-corrected chi connectivity index (χ3v) is 4.96. The Balaban J connectivity index is 1.56. The summed E-state index contributed by atoms with van der Waals surface area (Å²) in [6.07, 6.45) is 0. The van der Waals surface area contributed by atoms with Crippen molar-refractivity contribution in [1.29, 1.82) is 0 Å². The van der Waals surface area contributed by atoms with Crippen molar-refractivity contribution in [2.45, 2.75) is 26.2 Å². The molecule has 0 aliphatic rings. The summed E-state index contributed by atoms with van der Waals surface area (Å²) in [7, 11) is 0. The first kappa shape index (κ1) is 23.1. The molecule has 164 valence electrons. The molecule has 0 radical (unpaired) electrons. The van der Waals surface area contributed by atoms with Gasteiger partial charge in [-0.2, -0.15) is 0 Å². The van der Waals surface area contributed by atoms with Crippen molar-refractivity contribution in [3.63, 3.8) is 0 Å². The van der Waals surface area contributed by atoms with E-state index in [2.05, 4.69) is 36.7 Å². The minimum atomic E-state index is -0.637. The van der Waals surface area contributed by atoms with Crippen molar-refractivity contribution in [1.82, 2.24) is 5.32 Å². The molecule has 0 saturated heterocycles. The minimum Gasteiger partial charge on any atom is -0.332 e. The van der Waals surface area contributed by atoms with Crippen molar-refractivity contribution in [3.8, 4) is 0 Å². The summed E-state index contributed by atoms with van der Waals surface area (Å²) in [5.41, 5.74) is 2.87. The third-order valence-electron chi connectivity index (χ3n) is 4.76. The summed E-state index contributed by atoms with van der Waals surface area (Å²) < 4.78 is 13.7. The van der Waals surface area contributed by atoms with Gasteiger partial charge in [-0.15, -0.1) is 0 Å². The van der Waals surface area contributed by atoms with Gasteiger partial charge in [-0.25, -0.2) is 4.39 Å². The SMILES string of the molecule is CC(C)(C)c1ccc(C(=O)Nc2ccc(NC(=S)NC(=O)c3ccccc3F)cc2)cc1. The second-order valence-corrected chi connectivity index (χ2v) is 8.66. The van der Waals surface area contributed by atoms with Gasteiger partial charge in [-0.1, -0.05) is 45.0 Å². The smallest absolute Gasteiger partial charge is 0.260 e. The van der Waals surface area contributed by atoms with Crippen molar-refractivity contribution in [2.75, 3.05) is 10.6 Å². The molecule has 32 heavy (non-hydrogen) atoms. The van der Waals surface area contributed by atoms with Crippen LogP contribution in [0.3, 0.4) is 0 Å². The van der Waals surface area contributed by atoms with E-state index < -0.39 is 11.7 Å². The summed E-state index contributed by atoms with van der Waals surface area (Å²) in [6, 6.07) is 20.0. The van der Waals surface area contributed by atoms with Crippen molar-refractivity contribution in [3.05, 3.63) is 95.3 Å². The molecule has 0 heterocycles. The fourth-order valence-electron chi connectivity index (χ4n) is 2.94. The number of hydrogen-bond acceptors (Lipinski definition) is 3. The van der Waals surface area contributed by atoms with Gasteiger partial charge in [0.25, 0.3) is 11.8 Å². The maximum Gasteiger partial charge on any atom is 0.260 e. The number of rotatable bonds is 4. The zero-order valence-corrected chi connectivity index (χ0v) is 18.8.